The molecule has 1 unspecified atom stereocenters. The smallest absolute Gasteiger partial charge is 0.267 e. The van der Waals surface area contributed by atoms with E-state index in [0.717, 1.165) is 5.56 Å². The second-order valence-corrected chi connectivity index (χ2v) is 6.07. The summed E-state index contributed by atoms with van der Waals surface area (Å²) in [5.41, 5.74) is 2.03. The number of halogens is 1. The third-order valence-corrected chi connectivity index (χ3v) is 4.21. The fourth-order valence-electron chi connectivity index (χ4n) is 2.61. The largest absolute Gasteiger partial charge is 0.479 e. The van der Waals surface area contributed by atoms with Gasteiger partial charge >= 0.3 is 0 Å². The molecule has 124 valence electrons. The van der Waals surface area contributed by atoms with Crippen LogP contribution in [0, 0.1) is 0 Å². The van der Waals surface area contributed by atoms with Gasteiger partial charge in [0.05, 0.1) is 22.8 Å². The zero-order chi connectivity index (χ0) is 17.3. The molecule has 3 rings (SSSR count). The first-order valence-corrected chi connectivity index (χ1v) is 7.95. The molecule has 1 aliphatic rings. The summed E-state index contributed by atoms with van der Waals surface area (Å²) >= 11 is 6.04. The zero-order valence-corrected chi connectivity index (χ0v) is 14.1. The molecule has 1 heterocycles. The number of likely N-dealkylation sites (N-methyl/N-ethyl adjacent to an activating group) is 1. The number of hydrogen-bond acceptors (Lipinski definition) is 3. The van der Waals surface area contributed by atoms with Gasteiger partial charge in [-0.1, -0.05) is 29.8 Å². The van der Waals surface area contributed by atoms with E-state index in [2.05, 4.69) is 5.32 Å². The fourth-order valence-corrected chi connectivity index (χ4v) is 2.79. The normalized spacial score (nSPS) is 16.4. The maximum atomic E-state index is 12.2. The van der Waals surface area contributed by atoms with Gasteiger partial charge in [0.2, 0.25) is 5.91 Å². The Morgan fingerprint density at radius 1 is 1.29 bits per heavy atom. The molecule has 6 heteroatoms. The molecule has 2 amide bonds. The molecule has 0 saturated carbocycles. The molecule has 5 nitrogen and oxygen atoms in total. The average molecular weight is 345 g/mol. The highest BCUT2D eigenvalue weighted by Crippen LogP contribution is 2.34. The van der Waals surface area contributed by atoms with Crippen molar-refractivity contribution in [1.29, 1.82) is 0 Å². The van der Waals surface area contributed by atoms with Crippen molar-refractivity contribution in [1.82, 2.24) is 0 Å². The van der Waals surface area contributed by atoms with E-state index in [9.17, 15) is 9.59 Å². The van der Waals surface area contributed by atoms with Gasteiger partial charge in [-0.25, -0.2) is 0 Å². The van der Waals surface area contributed by atoms with Gasteiger partial charge in [0.1, 0.15) is 5.75 Å². The van der Waals surface area contributed by atoms with Crippen molar-refractivity contribution in [2.24, 2.45) is 0 Å². The van der Waals surface area contributed by atoms with Crippen molar-refractivity contribution in [3.05, 3.63) is 53.1 Å². The van der Waals surface area contributed by atoms with Crippen LogP contribution in [0.4, 0.5) is 11.4 Å². The quantitative estimate of drug-likeness (QED) is 0.929. The molecule has 0 aromatic heterocycles. The summed E-state index contributed by atoms with van der Waals surface area (Å²) in [6, 6.07) is 12.5. The summed E-state index contributed by atoms with van der Waals surface area (Å²) in [6.07, 6.45) is -0.326. The van der Waals surface area contributed by atoms with Crippen molar-refractivity contribution >= 4 is 34.8 Å². The number of fused-ring (bicyclic) bond motifs is 1. The Labute approximate surface area is 145 Å². The second-order valence-electron chi connectivity index (χ2n) is 5.66. The van der Waals surface area contributed by atoms with Gasteiger partial charge < -0.3 is 15.0 Å². The molecule has 2 aromatic rings. The zero-order valence-electron chi connectivity index (χ0n) is 13.4. The van der Waals surface area contributed by atoms with Gasteiger partial charge in [0.25, 0.3) is 5.91 Å². The number of nitrogens with zero attached hydrogens (tertiary/aromatic N) is 1. The van der Waals surface area contributed by atoms with Crippen LogP contribution in [0.25, 0.3) is 0 Å². The summed E-state index contributed by atoms with van der Waals surface area (Å²) < 4.78 is 5.58. The lowest BCUT2D eigenvalue weighted by Crippen LogP contribution is -2.42. The SMILES string of the molecule is CC1Oc2ccc(CC(=O)Nc3ccccc3Cl)cc2N(C)C1=O. The third kappa shape index (κ3) is 3.21. The molecule has 2 aromatic carbocycles. The Kier molecular flexibility index (Phi) is 4.44. The molecule has 1 N–H and O–H groups in total. The molecular weight excluding hydrogens is 328 g/mol. The van der Waals surface area contributed by atoms with Crippen molar-refractivity contribution in [3.8, 4) is 5.75 Å². The van der Waals surface area contributed by atoms with Crippen LogP contribution in [0.2, 0.25) is 5.02 Å². The maximum Gasteiger partial charge on any atom is 0.267 e. The molecular formula is C18H17ClN2O3. The van der Waals surface area contributed by atoms with E-state index in [-0.39, 0.29) is 18.2 Å². The highest BCUT2D eigenvalue weighted by molar-refractivity contribution is 6.33. The Morgan fingerprint density at radius 3 is 2.79 bits per heavy atom. The minimum absolute atomic E-state index is 0.111. The Hall–Kier alpha value is -2.53. The molecule has 0 radical (unpaired) electrons. The number of para-hydroxylation sites is 1. The van der Waals surface area contributed by atoms with Crippen molar-refractivity contribution < 1.29 is 14.3 Å². The van der Waals surface area contributed by atoms with Gasteiger partial charge in [-0.3, -0.25) is 9.59 Å². The lowest BCUT2D eigenvalue weighted by atomic mass is 10.1. The van der Waals surface area contributed by atoms with Crippen LogP contribution in [-0.4, -0.2) is 25.0 Å². The molecule has 0 bridgehead atoms. The van der Waals surface area contributed by atoms with Gasteiger partial charge in [-0.15, -0.1) is 0 Å². The molecule has 0 saturated heterocycles. The Balaban J connectivity index is 1.76. The summed E-state index contributed by atoms with van der Waals surface area (Å²) in [5, 5.41) is 3.27. The summed E-state index contributed by atoms with van der Waals surface area (Å²) in [7, 11) is 1.70. The highest BCUT2D eigenvalue weighted by Gasteiger charge is 2.29. The number of benzene rings is 2. The fraction of sp³-hybridized carbons (Fsp3) is 0.222. The van der Waals surface area contributed by atoms with Crippen LogP contribution in [0.3, 0.4) is 0 Å². The Bertz CT molecular complexity index is 807. The van der Waals surface area contributed by atoms with Crippen LogP contribution in [0.15, 0.2) is 42.5 Å². The summed E-state index contributed by atoms with van der Waals surface area (Å²) in [6.45, 7) is 1.72. The van der Waals surface area contributed by atoms with Crippen LogP contribution in [-0.2, 0) is 16.0 Å². The summed E-state index contributed by atoms with van der Waals surface area (Å²) in [5.74, 6) is 0.349. The lowest BCUT2D eigenvalue weighted by Gasteiger charge is -2.30. The van der Waals surface area contributed by atoms with Gasteiger partial charge in [-0.2, -0.15) is 0 Å². The van der Waals surface area contributed by atoms with Crippen molar-refractivity contribution in [3.63, 3.8) is 0 Å². The molecule has 1 aliphatic heterocycles. The number of anilines is 2. The number of amides is 2. The average Bonchev–Trinajstić information content (AvgIpc) is 2.55. The van der Waals surface area contributed by atoms with Crippen LogP contribution < -0.4 is 15.0 Å². The van der Waals surface area contributed by atoms with Gasteiger partial charge in [-0.05, 0) is 36.8 Å². The number of carbonyl (C=O) groups is 2. The standard InChI is InChI=1S/C18H17ClN2O3/c1-11-18(23)21(2)15-9-12(7-8-16(15)24-11)10-17(22)20-14-6-4-3-5-13(14)19/h3-9,11H,10H2,1-2H3,(H,20,22). The monoisotopic (exact) mass is 344 g/mol. The lowest BCUT2D eigenvalue weighted by molar-refractivity contribution is -0.125. The first-order valence-electron chi connectivity index (χ1n) is 7.57. The van der Waals surface area contributed by atoms with E-state index in [1.165, 1.54) is 0 Å². The minimum atomic E-state index is -0.503. The first-order chi connectivity index (χ1) is 11.5. The van der Waals surface area contributed by atoms with Gasteiger partial charge in [0, 0.05) is 7.05 Å². The van der Waals surface area contributed by atoms with E-state index in [1.54, 1.807) is 55.3 Å². The number of carbonyl (C=O) groups excluding carboxylic acids is 2. The number of hydrogen-bond donors (Lipinski definition) is 1. The topological polar surface area (TPSA) is 58.6 Å². The van der Waals surface area contributed by atoms with Crippen LogP contribution in [0.1, 0.15) is 12.5 Å². The molecule has 0 fully saturated rings. The number of rotatable bonds is 3. The maximum absolute atomic E-state index is 12.2. The second kappa shape index (κ2) is 6.53. The first kappa shape index (κ1) is 16.3. The van der Waals surface area contributed by atoms with Crippen LogP contribution in [0.5, 0.6) is 5.75 Å². The number of ether oxygens (including phenoxy) is 1. The van der Waals surface area contributed by atoms with Crippen molar-refractivity contribution in [2.45, 2.75) is 19.4 Å². The molecule has 0 aliphatic carbocycles. The van der Waals surface area contributed by atoms with E-state index >= 15 is 0 Å². The molecule has 0 spiro atoms. The van der Waals surface area contributed by atoms with Crippen LogP contribution >= 0.6 is 11.6 Å². The van der Waals surface area contributed by atoms with E-state index in [0.29, 0.717) is 22.1 Å². The predicted molar refractivity (Wildman–Crippen MR) is 93.7 cm³/mol. The van der Waals surface area contributed by atoms with E-state index in [4.69, 9.17) is 16.3 Å². The molecule has 1 atom stereocenters. The third-order valence-electron chi connectivity index (χ3n) is 3.88. The Morgan fingerprint density at radius 2 is 2.04 bits per heavy atom. The van der Waals surface area contributed by atoms with Crippen molar-refractivity contribution in [2.75, 3.05) is 17.3 Å². The summed E-state index contributed by atoms with van der Waals surface area (Å²) in [4.78, 5) is 25.8. The van der Waals surface area contributed by atoms with Gasteiger partial charge in [0.15, 0.2) is 6.10 Å². The van der Waals surface area contributed by atoms with E-state index in [1.807, 2.05) is 6.07 Å². The minimum Gasteiger partial charge on any atom is -0.479 e. The predicted octanol–water partition coefficient (Wildman–Crippen LogP) is 3.26. The molecule has 24 heavy (non-hydrogen) atoms. The number of nitrogens with one attached hydrogen (secondary N) is 1. The van der Waals surface area contributed by atoms with E-state index < -0.39 is 6.10 Å². The highest BCUT2D eigenvalue weighted by atomic mass is 35.5.